The Kier molecular flexibility index (Phi) is 6.51. The largest absolute Gasteiger partial charge is 0.478 e. The van der Waals surface area contributed by atoms with E-state index in [0.29, 0.717) is 47.2 Å². The molecule has 1 aromatic carbocycles. The van der Waals surface area contributed by atoms with Crippen LogP contribution in [-0.4, -0.2) is 37.8 Å². The number of pyridine rings is 2. The lowest BCUT2D eigenvalue weighted by Crippen LogP contribution is -2.32. The van der Waals surface area contributed by atoms with Gasteiger partial charge in [0.1, 0.15) is 22.2 Å². The number of nitrogens with zero attached hydrogens (tertiary/aromatic N) is 3. The number of nitrogens with one attached hydrogen (secondary N) is 1. The summed E-state index contributed by atoms with van der Waals surface area (Å²) in [6.07, 6.45) is 5.63. The Morgan fingerprint density at radius 2 is 2.03 bits per heavy atom. The molecule has 0 saturated heterocycles. The van der Waals surface area contributed by atoms with E-state index >= 15 is 0 Å². The van der Waals surface area contributed by atoms with Gasteiger partial charge in [-0.2, -0.15) is 0 Å². The number of hydrogen-bond acceptors (Lipinski definition) is 7. The highest BCUT2D eigenvalue weighted by molar-refractivity contribution is 7.15. The molecular formula is C27H25FN4O3S. The Labute approximate surface area is 211 Å². The van der Waals surface area contributed by atoms with Gasteiger partial charge in [0.15, 0.2) is 0 Å². The van der Waals surface area contributed by atoms with Crippen LogP contribution < -0.4 is 5.32 Å². The average Bonchev–Trinajstić information content (AvgIpc) is 3.35. The number of aliphatic hydroxyl groups is 1. The van der Waals surface area contributed by atoms with Crippen LogP contribution >= 0.6 is 11.3 Å². The van der Waals surface area contributed by atoms with E-state index in [2.05, 4.69) is 15.3 Å². The van der Waals surface area contributed by atoms with Gasteiger partial charge in [-0.1, -0.05) is 6.07 Å². The Morgan fingerprint density at radius 3 is 2.83 bits per heavy atom. The smallest absolute Gasteiger partial charge is 0.335 e. The molecule has 0 amide bonds. The molecule has 5 rings (SSSR count). The van der Waals surface area contributed by atoms with Crippen molar-refractivity contribution in [3.63, 3.8) is 0 Å². The van der Waals surface area contributed by atoms with Crippen LogP contribution in [0.2, 0.25) is 0 Å². The Bertz CT molecular complexity index is 1440. The zero-order valence-electron chi connectivity index (χ0n) is 19.7. The number of anilines is 2. The van der Waals surface area contributed by atoms with Gasteiger partial charge >= 0.3 is 5.97 Å². The van der Waals surface area contributed by atoms with E-state index in [-0.39, 0.29) is 5.56 Å². The van der Waals surface area contributed by atoms with Gasteiger partial charge in [0.2, 0.25) is 0 Å². The Balaban J connectivity index is 1.45. The van der Waals surface area contributed by atoms with E-state index in [0.717, 1.165) is 28.0 Å². The summed E-state index contributed by atoms with van der Waals surface area (Å²) in [6, 6.07) is 12.3. The van der Waals surface area contributed by atoms with Gasteiger partial charge in [-0.15, -0.1) is 11.3 Å². The average molecular weight is 505 g/mol. The molecule has 3 aromatic heterocycles. The van der Waals surface area contributed by atoms with Crippen LogP contribution in [0.4, 0.5) is 16.0 Å². The second-order valence-electron chi connectivity index (χ2n) is 8.95. The van der Waals surface area contributed by atoms with Crippen LogP contribution in [0.25, 0.3) is 10.6 Å². The molecule has 184 valence electrons. The molecule has 1 atom stereocenters. The van der Waals surface area contributed by atoms with Crippen LogP contribution in [0.1, 0.15) is 50.5 Å². The van der Waals surface area contributed by atoms with Crippen molar-refractivity contribution >= 4 is 28.9 Å². The fourth-order valence-electron chi connectivity index (χ4n) is 4.61. The number of rotatable bonds is 7. The lowest BCUT2D eigenvalue weighted by atomic mass is 9.79. The van der Waals surface area contributed by atoms with Crippen LogP contribution in [0.3, 0.4) is 0 Å². The molecule has 0 saturated carbocycles. The first-order valence-corrected chi connectivity index (χ1v) is 12.5. The van der Waals surface area contributed by atoms with Gasteiger partial charge in [0.25, 0.3) is 0 Å². The predicted molar refractivity (Wildman–Crippen MR) is 137 cm³/mol. The number of aromatic carboxylic acids is 1. The molecule has 1 aliphatic rings. The third kappa shape index (κ3) is 4.72. The lowest BCUT2D eigenvalue weighted by molar-refractivity contribution is 0.0607. The Morgan fingerprint density at radius 1 is 1.17 bits per heavy atom. The van der Waals surface area contributed by atoms with Gasteiger partial charge in [-0.05, 0) is 84.8 Å². The minimum atomic E-state index is -1.28. The number of benzene rings is 1. The number of alkyl halides is 1. The summed E-state index contributed by atoms with van der Waals surface area (Å²) in [5, 5.41) is 24.8. The first-order chi connectivity index (χ1) is 17.4. The number of carbonyl (C=O) groups is 1. The van der Waals surface area contributed by atoms with E-state index in [1.807, 2.05) is 19.1 Å². The van der Waals surface area contributed by atoms with Crippen molar-refractivity contribution in [1.29, 1.82) is 0 Å². The summed E-state index contributed by atoms with van der Waals surface area (Å²) in [5.41, 5.74) is 3.03. The summed E-state index contributed by atoms with van der Waals surface area (Å²) in [4.78, 5) is 25.8. The van der Waals surface area contributed by atoms with Gasteiger partial charge < -0.3 is 15.5 Å². The van der Waals surface area contributed by atoms with E-state index in [4.69, 9.17) is 4.98 Å². The molecule has 0 radical (unpaired) electrons. The van der Waals surface area contributed by atoms with Crippen LogP contribution in [0, 0.1) is 6.92 Å². The number of aryl methyl sites for hydroxylation is 3. The van der Waals surface area contributed by atoms with Crippen LogP contribution in [-0.2, 0) is 18.4 Å². The van der Waals surface area contributed by atoms with Crippen molar-refractivity contribution in [2.24, 2.45) is 0 Å². The number of hydrogen-bond donors (Lipinski definition) is 3. The maximum Gasteiger partial charge on any atom is 0.335 e. The van der Waals surface area contributed by atoms with Gasteiger partial charge in [0, 0.05) is 18.8 Å². The van der Waals surface area contributed by atoms with E-state index < -0.39 is 18.2 Å². The fraction of sp³-hybridized carbons (Fsp3) is 0.259. The number of carboxylic acid groups (broad SMARTS) is 1. The van der Waals surface area contributed by atoms with Crippen molar-refractivity contribution in [2.45, 2.75) is 38.2 Å². The highest BCUT2D eigenvalue weighted by Gasteiger charge is 2.39. The molecule has 0 bridgehead atoms. The summed E-state index contributed by atoms with van der Waals surface area (Å²) in [5.74, 6) is 0.208. The summed E-state index contributed by atoms with van der Waals surface area (Å²) >= 11 is 1.37. The van der Waals surface area contributed by atoms with Crippen molar-refractivity contribution in [1.82, 2.24) is 15.0 Å². The number of fused-ring (bicyclic) bond motifs is 1. The third-order valence-electron chi connectivity index (χ3n) is 6.33. The standard InChI is InChI=1S/C27H25FN4O3S/c1-16-11-21(31-24(12-16)32-23-13-17(6-9-28)7-10-29-23)22-15-30-26(36-22)27(35)8-2-3-18-14-19(25(33)34)4-5-20(18)27/h4-5,7,10-15,35H,2-3,6,8-9H2,1H3,(H,33,34)(H,29,31,32). The molecule has 3 heterocycles. The van der Waals surface area contributed by atoms with Crippen LogP contribution in [0.5, 0.6) is 0 Å². The van der Waals surface area contributed by atoms with Gasteiger partial charge in [-0.25, -0.2) is 19.7 Å². The third-order valence-corrected chi connectivity index (χ3v) is 7.50. The van der Waals surface area contributed by atoms with E-state index in [1.165, 1.54) is 17.4 Å². The summed E-state index contributed by atoms with van der Waals surface area (Å²) in [6.45, 7) is 1.54. The molecule has 1 aliphatic carbocycles. The SMILES string of the molecule is Cc1cc(Nc2cc(CCF)ccn2)nc(-c2cnc(C3(O)CCCc4cc(C(=O)O)ccc43)s2)c1. The highest BCUT2D eigenvalue weighted by Crippen LogP contribution is 2.43. The normalized spacial score (nSPS) is 17.0. The number of carboxylic acids is 1. The minimum absolute atomic E-state index is 0.214. The molecule has 0 fully saturated rings. The molecule has 36 heavy (non-hydrogen) atoms. The molecule has 4 aromatic rings. The predicted octanol–water partition coefficient (Wildman–Crippen LogP) is 5.43. The maximum atomic E-state index is 12.7. The summed E-state index contributed by atoms with van der Waals surface area (Å²) < 4.78 is 12.7. The van der Waals surface area contributed by atoms with Gasteiger partial charge in [0.05, 0.1) is 22.8 Å². The first-order valence-electron chi connectivity index (χ1n) is 11.7. The van der Waals surface area contributed by atoms with Crippen LogP contribution in [0.15, 0.2) is 54.9 Å². The van der Waals surface area contributed by atoms with Crippen molar-refractivity contribution in [3.05, 3.63) is 87.7 Å². The topological polar surface area (TPSA) is 108 Å². The number of aromatic nitrogens is 3. The monoisotopic (exact) mass is 504 g/mol. The highest BCUT2D eigenvalue weighted by atomic mass is 32.1. The molecule has 7 nitrogen and oxygen atoms in total. The second kappa shape index (κ2) is 9.75. The summed E-state index contributed by atoms with van der Waals surface area (Å²) in [7, 11) is 0. The molecule has 1 unspecified atom stereocenters. The molecular weight excluding hydrogens is 479 g/mol. The molecule has 9 heteroatoms. The lowest BCUT2D eigenvalue weighted by Gasteiger charge is -2.33. The first kappa shape index (κ1) is 24.0. The molecule has 3 N–H and O–H groups in total. The van der Waals surface area contributed by atoms with E-state index in [1.54, 1.807) is 36.7 Å². The molecule has 0 aliphatic heterocycles. The fourth-order valence-corrected chi connectivity index (χ4v) is 5.62. The Hall–Kier alpha value is -3.69. The van der Waals surface area contributed by atoms with Crippen molar-refractivity contribution < 1.29 is 19.4 Å². The van der Waals surface area contributed by atoms with Gasteiger partial charge in [-0.3, -0.25) is 4.39 Å². The van der Waals surface area contributed by atoms with E-state index in [9.17, 15) is 19.4 Å². The number of halogens is 1. The minimum Gasteiger partial charge on any atom is -0.478 e. The van der Waals surface area contributed by atoms with Crippen molar-refractivity contribution in [2.75, 3.05) is 12.0 Å². The maximum absolute atomic E-state index is 12.7. The van der Waals surface area contributed by atoms with Crippen molar-refractivity contribution in [3.8, 4) is 10.6 Å². The zero-order chi connectivity index (χ0) is 25.3. The number of thiazole rings is 1. The molecule has 0 spiro atoms. The zero-order valence-corrected chi connectivity index (χ0v) is 20.5. The quantitative estimate of drug-likeness (QED) is 0.308. The second-order valence-corrected chi connectivity index (χ2v) is 9.98.